The summed E-state index contributed by atoms with van der Waals surface area (Å²) in [6, 6.07) is -2.50. The van der Waals surface area contributed by atoms with Gasteiger partial charge in [0.2, 0.25) is 21.8 Å². The Labute approximate surface area is 199 Å². The number of aliphatic carboxylic acids is 1. The maximum Gasteiger partial charge on any atom is 0.305 e. The number of carboxylic acids is 1. The summed E-state index contributed by atoms with van der Waals surface area (Å²) in [6.45, 7) is 7.62. The molecule has 3 unspecified atom stereocenters. The Hall–Kier alpha value is -2.34. The Balaban J connectivity index is 2.09. The number of fused-ring (bicyclic) bond motifs is 2. The van der Waals surface area contributed by atoms with Crippen molar-refractivity contribution in [3.8, 4) is 0 Å². The molecular formula is C22H35N3O8S. The van der Waals surface area contributed by atoms with E-state index < -0.39 is 75.2 Å². The van der Waals surface area contributed by atoms with Gasteiger partial charge in [0, 0.05) is 18.8 Å². The molecule has 0 aliphatic heterocycles. The van der Waals surface area contributed by atoms with Crippen molar-refractivity contribution in [3.63, 3.8) is 0 Å². The highest BCUT2D eigenvalue weighted by molar-refractivity contribution is 7.89. The normalized spacial score (nSPS) is 25.1. The predicted octanol–water partition coefficient (Wildman–Crippen LogP) is -0.00950. The van der Waals surface area contributed by atoms with E-state index >= 15 is 0 Å². The molecule has 0 aromatic rings. The van der Waals surface area contributed by atoms with E-state index in [1.54, 1.807) is 13.8 Å². The lowest BCUT2D eigenvalue weighted by atomic mass is 9.70. The van der Waals surface area contributed by atoms with Crippen molar-refractivity contribution in [2.45, 2.75) is 72.4 Å². The fourth-order valence-corrected chi connectivity index (χ4v) is 7.01. The first-order valence-electron chi connectivity index (χ1n) is 11.3. The van der Waals surface area contributed by atoms with Gasteiger partial charge in [-0.3, -0.25) is 24.0 Å². The van der Waals surface area contributed by atoms with Crippen LogP contribution in [-0.4, -0.2) is 67.3 Å². The number of nitrogens with one attached hydrogen (secondary N) is 3. The molecule has 192 valence electrons. The molecule has 0 heterocycles. The van der Waals surface area contributed by atoms with Gasteiger partial charge in [-0.2, -0.15) is 0 Å². The van der Waals surface area contributed by atoms with E-state index in [1.165, 1.54) is 6.92 Å². The van der Waals surface area contributed by atoms with Crippen LogP contribution in [0, 0.1) is 22.7 Å². The van der Waals surface area contributed by atoms with Gasteiger partial charge in [0.15, 0.2) is 5.78 Å². The quantitative estimate of drug-likeness (QED) is 0.289. The summed E-state index contributed by atoms with van der Waals surface area (Å²) in [4.78, 5) is 60.6. The molecule has 2 amide bonds. The minimum atomic E-state index is -4.05. The molecule has 2 aliphatic carbocycles. The van der Waals surface area contributed by atoms with Crippen LogP contribution in [0.2, 0.25) is 0 Å². The largest absolute Gasteiger partial charge is 0.481 e. The summed E-state index contributed by atoms with van der Waals surface area (Å²) in [5.74, 6) is -4.17. The fraction of sp³-hybridized carbons (Fsp3) is 0.773. The first kappa shape index (κ1) is 27.9. The third kappa shape index (κ3) is 5.83. The summed E-state index contributed by atoms with van der Waals surface area (Å²) in [5, 5.41) is 13.9. The van der Waals surface area contributed by atoms with E-state index in [0.29, 0.717) is 12.8 Å². The summed E-state index contributed by atoms with van der Waals surface area (Å²) in [7, 11) is -4.05. The van der Waals surface area contributed by atoms with Crippen LogP contribution in [0.3, 0.4) is 0 Å². The molecule has 11 nitrogen and oxygen atoms in total. The average molecular weight is 502 g/mol. The van der Waals surface area contributed by atoms with Gasteiger partial charge in [0.25, 0.3) is 0 Å². The molecular weight excluding hydrogens is 466 g/mol. The molecule has 0 aromatic carbocycles. The summed E-state index contributed by atoms with van der Waals surface area (Å²) < 4.78 is 27.8. The number of sulfonamides is 1. The average Bonchev–Trinajstić information content (AvgIpc) is 3.03. The van der Waals surface area contributed by atoms with Crippen LogP contribution >= 0.6 is 0 Å². The molecule has 0 aromatic heterocycles. The second-order valence-electron chi connectivity index (χ2n) is 10.3. The molecule has 4 N–H and O–H groups in total. The van der Waals surface area contributed by atoms with Crippen molar-refractivity contribution in [1.82, 2.24) is 15.4 Å². The minimum Gasteiger partial charge on any atom is -0.481 e. The van der Waals surface area contributed by atoms with Crippen molar-refractivity contribution in [2.75, 3.05) is 12.3 Å². The predicted molar refractivity (Wildman–Crippen MR) is 122 cm³/mol. The van der Waals surface area contributed by atoms with Gasteiger partial charge in [-0.25, -0.2) is 13.1 Å². The molecule has 2 rings (SSSR count). The van der Waals surface area contributed by atoms with Crippen LogP contribution in [0.15, 0.2) is 0 Å². The lowest BCUT2D eigenvalue weighted by molar-refractivity contribution is -0.140. The number of hydrogen-bond acceptors (Lipinski definition) is 7. The smallest absolute Gasteiger partial charge is 0.305 e. The summed E-state index contributed by atoms with van der Waals surface area (Å²) in [5.41, 5.74) is -1.48. The van der Waals surface area contributed by atoms with Crippen LogP contribution in [0.5, 0.6) is 0 Å². The van der Waals surface area contributed by atoms with Gasteiger partial charge in [-0.05, 0) is 30.1 Å². The lowest BCUT2D eigenvalue weighted by Crippen LogP contribution is -2.55. The van der Waals surface area contributed by atoms with Gasteiger partial charge < -0.3 is 15.7 Å². The monoisotopic (exact) mass is 501 g/mol. The highest BCUT2D eigenvalue weighted by Crippen LogP contribution is 2.64. The number of rotatable bonds is 12. The first-order chi connectivity index (χ1) is 15.5. The number of hydrogen-bond donors (Lipinski definition) is 4. The zero-order valence-corrected chi connectivity index (χ0v) is 21.1. The van der Waals surface area contributed by atoms with Crippen molar-refractivity contribution < 1.29 is 37.5 Å². The Morgan fingerprint density at radius 3 is 2.21 bits per heavy atom. The van der Waals surface area contributed by atoms with Crippen LogP contribution in [0.25, 0.3) is 0 Å². The Morgan fingerprint density at radius 2 is 1.76 bits per heavy atom. The van der Waals surface area contributed by atoms with Crippen molar-refractivity contribution in [2.24, 2.45) is 22.7 Å². The highest BCUT2D eigenvalue weighted by atomic mass is 32.2. The van der Waals surface area contributed by atoms with E-state index in [1.807, 2.05) is 13.8 Å². The van der Waals surface area contributed by atoms with Crippen molar-refractivity contribution in [1.29, 1.82) is 0 Å². The third-order valence-electron chi connectivity index (χ3n) is 7.43. The molecule has 12 heteroatoms. The number of carboxylic acid groups (broad SMARTS) is 1. The molecule has 0 spiro atoms. The highest BCUT2D eigenvalue weighted by Gasteiger charge is 2.65. The number of amides is 2. The van der Waals surface area contributed by atoms with Crippen LogP contribution in [0.1, 0.15) is 60.3 Å². The zero-order chi connectivity index (χ0) is 26.1. The fourth-order valence-electron chi connectivity index (χ4n) is 5.22. The van der Waals surface area contributed by atoms with E-state index in [2.05, 4.69) is 15.4 Å². The second kappa shape index (κ2) is 10.1. The Morgan fingerprint density at radius 1 is 1.15 bits per heavy atom. The van der Waals surface area contributed by atoms with Crippen LogP contribution in [0.4, 0.5) is 0 Å². The molecule has 34 heavy (non-hydrogen) atoms. The minimum absolute atomic E-state index is 0.0841. The van der Waals surface area contributed by atoms with Gasteiger partial charge in [-0.1, -0.05) is 27.7 Å². The first-order valence-corrected chi connectivity index (χ1v) is 13.0. The molecule has 2 fully saturated rings. The molecule has 2 bridgehead atoms. The molecule has 4 atom stereocenters. The van der Waals surface area contributed by atoms with E-state index in [4.69, 9.17) is 5.11 Å². The van der Waals surface area contributed by atoms with E-state index in [9.17, 15) is 32.4 Å². The zero-order valence-electron chi connectivity index (χ0n) is 20.3. The molecule has 0 saturated heterocycles. The number of ketones is 2. The van der Waals surface area contributed by atoms with Gasteiger partial charge in [0.1, 0.15) is 11.8 Å². The SMILES string of the molecule is CC(=O)NC(C(=O)NC(CC(=O)O)C(=O)CNS(=O)(=O)C[C@]12CCC(CC1=O)C2(C)C)C(C)C. The standard InChI is InChI=1S/C22H35N3O8S/c1-12(2)19(24-13(3)26)20(31)25-15(9-18(29)30)16(27)10-23-34(32,33)11-22-7-6-14(8-17(22)28)21(22,4)5/h12,14-15,19,23H,6-11H2,1-5H3,(H,24,26)(H,25,31)(H,29,30)/t14?,15?,19?,22-/m1/s1. The topological polar surface area (TPSA) is 176 Å². The van der Waals surface area contributed by atoms with E-state index in [0.717, 1.165) is 6.42 Å². The maximum absolute atomic E-state index is 12.8. The van der Waals surface area contributed by atoms with Crippen molar-refractivity contribution in [3.05, 3.63) is 0 Å². The van der Waals surface area contributed by atoms with Crippen LogP contribution < -0.4 is 15.4 Å². The van der Waals surface area contributed by atoms with Gasteiger partial charge >= 0.3 is 5.97 Å². The summed E-state index contributed by atoms with van der Waals surface area (Å²) in [6.07, 6.45) is 0.828. The van der Waals surface area contributed by atoms with Gasteiger partial charge in [-0.15, -0.1) is 0 Å². The van der Waals surface area contributed by atoms with Crippen LogP contribution in [-0.2, 0) is 34.0 Å². The number of carbonyl (C=O) groups is 5. The molecule has 0 radical (unpaired) electrons. The number of Topliss-reactive ketones (excluding diaryl/α,β-unsaturated/α-hetero) is 2. The molecule has 2 saturated carbocycles. The second-order valence-corrected chi connectivity index (χ2v) is 12.1. The van der Waals surface area contributed by atoms with Crippen molar-refractivity contribution >= 4 is 39.4 Å². The van der Waals surface area contributed by atoms with E-state index in [-0.39, 0.29) is 17.6 Å². The third-order valence-corrected chi connectivity index (χ3v) is 8.89. The molecule has 2 aliphatic rings. The summed E-state index contributed by atoms with van der Waals surface area (Å²) >= 11 is 0. The Bertz CT molecular complexity index is 975. The maximum atomic E-state index is 12.8. The lowest BCUT2D eigenvalue weighted by Gasteiger charge is -2.36. The van der Waals surface area contributed by atoms with Gasteiger partial charge in [0.05, 0.1) is 24.8 Å². The number of carbonyl (C=O) groups excluding carboxylic acids is 4. The Kier molecular flexibility index (Phi) is 8.29.